The zero-order valence-electron chi connectivity index (χ0n) is 9.77. The summed E-state index contributed by atoms with van der Waals surface area (Å²) in [4.78, 5) is 5.03. The Kier molecular flexibility index (Phi) is 3.28. The van der Waals surface area contributed by atoms with Gasteiger partial charge in [0.05, 0.1) is 11.1 Å². The molecule has 2 rings (SSSR count). The summed E-state index contributed by atoms with van der Waals surface area (Å²) in [5.74, 6) is 6.11. The van der Waals surface area contributed by atoms with Crippen LogP contribution in [0.25, 0.3) is 0 Å². The highest BCUT2D eigenvalue weighted by Crippen LogP contribution is 2.24. The normalized spacial score (nSPS) is 10.8. The molecule has 0 saturated heterocycles. The van der Waals surface area contributed by atoms with Crippen LogP contribution in [0.5, 0.6) is 0 Å². The van der Waals surface area contributed by atoms with Gasteiger partial charge in [0, 0.05) is 5.56 Å². The third-order valence-corrected chi connectivity index (χ3v) is 3.36. The second-order valence-electron chi connectivity index (χ2n) is 4.20. The smallest absolute Gasteiger partial charge is 0.125 e. The van der Waals surface area contributed by atoms with E-state index in [1.807, 2.05) is 30.3 Å². The van der Waals surface area contributed by atoms with Crippen LogP contribution in [0.1, 0.15) is 29.3 Å². The van der Waals surface area contributed by atoms with Crippen LogP contribution in [0.15, 0.2) is 36.5 Å². The van der Waals surface area contributed by atoms with Crippen LogP contribution in [-0.2, 0) is 5.60 Å². The highest BCUT2D eigenvalue weighted by molar-refractivity contribution is 7.12. The van der Waals surface area contributed by atoms with Crippen LogP contribution >= 0.6 is 11.3 Å². The molecule has 0 fully saturated rings. The first-order valence-corrected chi connectivity index (χ1v) is 6.13. The highest BCUT2D eigenvalue weighted by Gasteiger charge is 2.19. The molecule has 0 aliphatic heterocycles. The van der Waals surface area contributed by atoms with Gasteiger partial charge in [0.25, 0.3) is 0 Å². The zero-order chi connectivity index (χ0) is 12.3. The van der Waals surface area contributed by atoms with Gasteiger partial charge in [0.1, 0.15) is 10.6 Å². The number of nitrogens with zero attached hydrogens (tertiary/aromatic N) is 1. The Morgan fingerprint density at radius 3 is 2.47 bits per heavy atom. The molecule has 86 valence electrons. The molecule has 0 atom stereocenters. The molecule has 1 aromatic carbocycles. The van der Waals surface area contributed by atoms with E-state index in [0.717, 1.165) is 10.4 Å². The predicted octanol–water partition coefficient (Wildman–Crippen LogP) is 2.77. The molecule has 1 heterocycles. The van der Waals surface area contributed by atoms with Crippen LogP contribution in [0, 0.1) is 11.8 Å². The van der Waals surface area contributed by atoms with Crippen LogP contribution in [0.3, 0.4) is 0 Å². The third kappa shape index (κ3) is 3.16. The summed E-state index contributed by atoms with van der Waals surface area (Å²) in [5, 5.41) is 10.5. The van der Waals surface area contributed by atoms with Crippen molar-refractivity contribution >= 4 is 11.3 Å². The first-order valence-electron chi connectivity index (χ1n) is 5.31. The van der Waals surface area contributed by atoms with E-state index in [2.05, 4.69) is 16.8 Å². The van der Waals surface area contributed by atoms with Crippen molar-refractivity contribution in [1.29, 1.82) is 0 Å². The van der Waals surface area contributed by atoms with Gasteiger partial charge in [-0.3, -0.25) is 0 Å². The summed E-state index contributed by atoms with van der Waals surface area (Å²) in [6.45, 7) is 3.44. The maximum Gasteiger partial charge on any atom is 0.125 e. The number of rotatable bonds is 1. The second kappa shape index (κ2) is 4.70. The van der Waals surface area contributed by atoms with E-state index < -0.39 is 5.60 Å². The van der Waals surface area contributed by atoms with E-state index in [1.165, 1.54) is 11.3 Å². The number of hydrogen-bond acceptors (Lipinski definition) is 3. The van der Waals surface area contributed by atoms with E-state index in [-0.39, 0.29) is 0 Å². The Labute approximate surface area is 105 Å². The molecular formula is C14H13NOS. The van der Waals surface area contributed by atoms with Gasteiger partial charge in [-0.1, -0.05) is 24.1 Å². The molecular weight excluding hydrogens is 230 g/mol. The second-order valence-corrected chi connectivity index (χ2v) is 5.24. The Morgan fingerprint density at radius 2 is 1.88 bits per heavy atom. The summed E-state index contributed by atoms with van der Waals surface area (Å²) in [6.07, 6.45) is 1.70. The molecule has 1 aromatic heterocycles. The Bertz CT molecular complexity index is 555. The third-order valence-electron chi connectivity index (χ3n) is 2.13. The van der Waals surface area contributed by atoms with Crippen LogP contribution in [0.2, 0.25) is 0 Å². The van der Waals surface area contributed by atoms with Gasteiger partial charge >= 0.3 is 0 Å². The van der Waals surface area contributed by atoms with Crippen LogP contribution < -0.4 is 0 Å². The Morgan fingerprint density at radius 1 is 1.18 bits per heavy atom. The number of hydrogen-bond donors (Lipinski definition) is 1. The molecule has 17 heavy (non-hydrogen) atoms. The van der Waals surface area contributed by atoms with E-state index in [0.29, 0.717) is 5.01 Å². The van der Waals surface area contributed by atoms with Crippen molar-refractivity contribution in [3.63, 3.8) is 0 Å². The fourth-order valence-corrected chi connectivity index (χ4v) is 2.04. The van der Waals surface area contributed by atoms with E-state index in [1.54, 1.807) is 20.0 Å². The monoisotopic (exact) mass is 243 g/mol. The van der Waals surface area contributed by atoms with Crippen LogP contribution in [-0.4, -0.2) is 10.1 Å². The lowest BCUT2D eigenvalue weighted by Crippen LogP contribution is -2.14. The lowest BCUT2D eigenvalue weighted by molar-refractivity contribution is 0.0783. The van der Waals surface area contributed by atoms with Crippen molar-refractivity contribution in [3.8, 4) is 11.8 Å². The summed E-state index contributed by atoms with van der Waals surface area (Å²) in [5.41, 5.74) is 0.0860. The minimum absolute atomic E-state index is 0.690. The van der Waals surface area contributed by atoms with Crippen molar-refractivity contribution in [2.75, 3.05) is 0 Å². The quantitative estimate of drug-likeness (QED) is 0.781. The molecule has 2 aromatic rings. The molecule has 0 spiro atoms. The van der Waals surface area contributed by atoms with Gasteiger partial charge < -0.3 is 5.11 Å². The van der Waals surface area contributed by atoms with Crippen molar-refractivity contribution < 1.29 is 5.11 Å². The van der Waals surface area contributed by atoms with Crippen LogP contribution in [0.4, 0.5) is 0 Å². The topological polar surface area (TPSA) is 33.1 Å². The van der Waals surface area contributed by atoms with Gasteiger partial charge in [-0.05, 0) is 31.9 Å². The standard InChI is InChI=1S/C14H13NOS/c1-14(2,16)13-15-10-12(17-13)9-8-11-6-4-3-5-7-11/h3-7,10,16H,1-2H3. The lowest BCUT2D eigenvalue weighted by Gasteiger charge is -2.11. The number of aliphatic hydroxyl groups is 1. The lowest BCUT2D eigenvalue weighted by atomic mass is 10.2. The average Bonchev–Trinajstić information content (AvgIpc) is 2.76. The summed E-state index contributed by atoms with van der Waals surface area (Å²) >= 11 is 1.42. The highest BCUT2D eigenvalue weighted by atomic mass is 32.1. The maximum atomic E-state index is 9.79. The SMILES string of the molecule is CC(C)(O)c1ncc(C#Cc2ccccc2)s1. The summed E-state index contributed by atoms with van der Waals surface area (Å²) < 4.78 is 0. The molecule has 2 nitrogen and oxygen atoms in total. The fourth-order valence-electron chi connectivity index (χ4n) is 1.27. The van der Waals surface area contributed by atoms with Gasteiger partial charge in [0.15, 0.2) is 0 Å². The molecule has 0 aliphatic carbocycles. The summed E-state index contributed by atoms with van der Waals surface area (Å²) in [7, 11) is 0. The molecule has 0 saturated carbocycles. The molecule has 0 unspecified atom stereocenters. The molecule has 0 radical (unpaired) electrons. The molecule has 0 bridgehead atoms. The first-order chi connectivity index (χ1) is 8.05. The minimum Gasteiger partial charge on any atom is -0.383 e. The van der Waals surface area contributed by atoms with Gasteiger partial charge in [0.2, 0.25) is 0 Å². The Hall–Kier alpha value is -1.63. The predicted molar refractivity (Wildman–Crippen MR) is 69.8 cm³/mol. The maximum absolute atomic E-state index is 9.79. The number of aromatic nitrogens is 1. The molecule has 1 N–H and O–H groups in total. The van der Waals surface area contributed by atoms with E-state index >= 15 is 0 Å². The van der Waals surface area contributed by atoms with Crippen molar-refractivity contribution in [2.45, 2.75) is 19.4 Å². The Balaban J connectivity index is 2.21. The van der Waals surface area contributed by atoms with Gasteiger partial charge in [-0.15, -0.1) is 11.3 Å². The van der Waals surface area contributed by atoms with E-state index in [4.69, 9.17) is 0 Å². The average molecular weight is 243 g/mol. The summed E-state index contributed by atoms with van der Waals surface area (Å²) in [6, 6.07) is 9.80. The zero-order valence-corrected chi connectivity index (χ0v) is 10.6. The number of thiazole rings is 1. The molecule has 0 aliphatic rings. The first kappa shape index (κ1) is 11.8. The van der Waals surface area contributed by atoms with Crippen molar-refractivity contribution in [1.82, 2.24) is 4.98 Å². The fraction of sp³-hybridized carbons (Fsp3) is 0.214. The van der Waals surface area contributed by atoms with Gasteiger partial charge in [-0.2, -0.15) is 0 Å². The van der Waals surface area contributed by atoms with Gasteiger partial charge in [-0.25, -0.2) is 4.98 Å². The van der Waals surface area contributed by atoms with Crippen molar-refractivity contribution in [3.05, 3.63) is 52.0 Å². The minimum atomic E-state index is -0.892. The molecule has 3 heteroatoms. The van der Waals surface area contributed by atoms with E-state index in [9.17, 15) is 5.11 Å². The molecule has 0 amide bonds. The van der Waals surface area contributed by atoms with Crippen molar-refractivity contribution in [2.24, 2.45) is 0 Å². The largest absolute Gasteiger partial charge is 0.383 e. The number of benzene rings is 1.